The van der Waals surface area contributed by atoms with Gasteiger partial charge in [-0.1, -0.05) is 62.7 Å². The zero-order valence-corrected chi connectivity index (χ0v) is 25.0. The Morgan fingerprint density at radius 1 is 1.24 bits per heavy atom. The molecule has 4 aromatic rings. The largest absolute Gasteiger partial charge is 0.450 e. The molecule has 0 amide bonds. The highest BCUT2D eigenvalue weighted by atomic mass is 35.5. The zero-order chi connectivity index (χ0) is 29.9. The molecule has 42 heavy (non-hydrogen) atoms. The molecule has 1 atom stereocenters. The van der Waals surface area contributed by atoms with Crippen LogP contribution in [0.4, 0.5) is 11.8 Å². The molecule has 218 valence electrons. The normalized spacial score (nSPS) is 15.0. The summed E-state index contributed by atoms with van der Waals surface area (Å²) in [6.45, 7) is 9.65. The Morgan fingerprint density at radius 2 is 2.02 bits per heavy atom. The first-order valence-corrected chi connectivity index (χ1v) is 13.9. The molecule has 5 rings (SSSR count). The van der Waals surface area contributed by atoms with Gasteiger partial charge in [0.25, 0.3) is 0 Å². The molecule has 11 nitrogen and oxygen atoms in total. The fraction of sp³-hybridized carbons (Fsp3) is 0.300. The highest BCUT2D eigenvalue weighted by Gasteiger charge is 2.24. The number of aryl methyl sites for hydroxylation is 1. The van der Waals surface area contributed by atoms with Gasteiger partial charge in [-0.15, -0.1) is 0 Å². The number of anilines is 2. The average molecular weight is 588 g/mol. The number of aliphatic imine (C=N–C) groups is 1. The van der Waals surface area contributed by atoms with E-state index in [1.165, 1.54) is 6.20 Å². The molecular formula is C30H34ClN9O2. The summed E-state index contributed by atoms with van der Waals surface area (Å²) in [6.07, 6.45) is 7.33. The van der Waals surface area contributed by atoms with Crippen molar-refractivity contribution in [1.29, 1.82) is 5.41 Å². The number of fused-ring (bicyclic) bond motifs is 1. The number of pyridine rings is 1. The fourth-order valence-electron chi connectivity index (χ4n) is 4.48. The fourth-order valence-corrected chi connectivity index (χ4v) is 4.78. The average Bonchev–Trinajstić information content (AvgIpc) is 3.53. The second-order valence-electron chi connectivity index (χ2n) is 10.9. The van der Waals surface area contributed by atoms with Gasteiger partial charge >= 0.3 is 0 Å². The maximum Gasteiger partial charge on any atom is 0.210 e. The number of ether oxygens (including phenoxy) is 2. The number of nitrogens with zero attached hydrogens (tertiary/aromatic N) is 6. The Balaban J connectivity index is 1.37. The second-order valence-corrected chi connectivity index (χ2v) is 11.3. The highest BCUT2D eigenvalue weighted by molar-refractivity contribution is 6.36. The number of nitrogens with one attached hydrogen (secondary N) is 3. The smallest absolute Gasteiger partial charge is 0.210 e. The number of allylic oxidation sites excluding steroid dienone is 2. The van der Waals surface area contributed by atoms with Crippen LogP contribution in [0, 0.1) is 5.41 Å². The molecule has 0 radical (unpaired) electrons. The van der Waals surface area contributed by atoms with Crippen molar-refractivity contribution in [2.75, 3.05) is 5.32 Å². The van der Waals surface area contributed by atoms with Crippen LogP contribution in [-0.2, 0) is 30.4 Å². The van der Waals surface area contributed by atoms with Crippen LogP contribution in [0.15, 0.2) is 71.4 Å². The van der Waals surface area contributed by atoms with Gasteiger partial charge in [-0.05, 0) is 12.5 Å². The van der Waals surface area contributed by atoms with E-state index in [1.54, 1.807) is 23.2 Å². The highest BCUT2D eigenvalue weighted by Crippen LogP contribution is 2.34. The van der Waals surface area contributed by atoms with Crippen molar-refractivity contribution < 1.29 is 9.47 Å². The van der Waals surface area contributed by atoms with Gasteiger partial charge in [0.15, 0.2) is 23.0 Å². The third-order valence-electron chi connectivity index (χ3n) is 6.62. The van der Waals surface area contributed by atoms with Crippen LogP contribution in [0.2, 0.25) is 5.02 Å². The number of aromatic nitrogens is 5. The molecule has 1 unspecified atom stereocenters. The van der Waals surface area contributed by atoms with Crippen LogP contribution >= 0.6 is 11.6 Å². The molecule has 1 aromatic carbocycles. The van der Waals surface area contributed by atoms with Crippen molar-refractivity contribution in [1.82, 2.24) is 29.6 Å². The summed E-state index contributed by atoms with van der Waals surface area (Å²) in [5.74, 6) is 1.70. The summed E-state index contributed by atoms with van der Waals surface area (Å²) >= 11 is 6.77. The summed E-state index contributed by atoms with van der Waals surface area (Å²) < 4.78 is 15.8. The number of halogens is 1. The predicted octanol–water partition coefficient (Wildman–Crippen LogP) is 5.85. The van der Waals surface area contributed by atoms with Crippen molar-refractivity contribution in [3.05, 3.63) is 82.7 Å². The Morgan fingerprint density at radius 3 is 2.71 bits per heavy atom. The van der Waals surface area contributed by atoms with Crippen molar-refractivity contribution in [2.45, 2.75) is 52.4 Å². The quantitative estimate of drug-likeness (QED) is 0.157. The molecule has 1 aliphatic rings. The number of imidazole rings is 1. The van der Waals surface area contributed by atoms with Gasteiger partial charge in [0, 0.05) is 36.6 Å². The Kier molecular flexibility index (Phi) is 8.41. The second kappa shape index (κ2) is 12.2. The molecule has 3 aromatic heterocycles. The van der Waals surface area contributed by atoms with E-state index >= 15 is 0 Å². The minimum atomic E-state index is -0.149. The zero-order valence-electron chi connectivity index (χ0n) is 24.2. The first kappa shape index (κ1) is 29.0. The molecule has 0 saturated carbocycles. The van der Waals surface area contributed by atoms with Crippen molar-refractivity contribution in [3.8, 4) is 5.75 Å². The van der Waals surface area contributed by atoms with Crippen LogP contribution in [0.1, 0.15) is 39.0 Å². The maximum atomic E-state index is 7.78. The molecule has 0 fully saturated rings. The van der Waals surface area contributed by atoms with Gasteiger partial charge in [-0.3, -0.25) is 9.67 Å². The molecule has 0 bridgehead atoms. The summed E-state index contributed by atoms with van der Waals surface area (Å²) in [6, 6.07) is 12.2. The number of hydrogen-bond acceptors (Lipinski definition) is 9. The van der Waals surface area contributed by atoms with Crippen LogP contribution in [-0.4, -0.2) is 42.8 Å². The van der Waals surface area contributed by atoms with Crippen LogP contribution in [0.3, 0.4) is 0 Å². The monoisotopic (exact) mass is 587 g/mol. The van der Waals surface area contributed by atoms with E-state index in [0.717, 1.165) is 17.5 Å². The van der Waals surface area contributed by atoms with Crippen molar-refractivity contribution >= 4 is 47.0 Å². The lowest BCUT2D eigenvalue weighted by Gasteiger charge is -2.22. The summed E-state index contributed by atoms with van der Waals surface area (Å²) in [5, 5.41) is 19.3. The van der Waals surface area contributed by atoms with E-state index in [2.05, 4.69) is 65.4 Å². The van der Waals surface area contributed by atoms with Crippen LogP contribution in [0.25, 0.3) is 11.2 Å². The number of rotatable bonds is 10. The standard InChI is InChI=1S/C30H34ClN9O2/c1-19(41-18-20-9-7-6-8-10-20)17-40-24(30(2,3)4)13-25(38-40)36-29-37-28-27(39(29)5)26(31)23(16-35-28)42-22(14-32)21-15-33-11-12-34-21/h6-16,19,32,34H,17-18H2,1-5H3,(H,35,36,37,38)/b22-21+,32-14?. The first-order valence-electron chi connectivity index (χ1n) is 13.5. The van der Waals surface area contributed by atoms with Crippen molar-refractivity contribution in [2.24, 2.45) is 12.0 Å². The summed E-state index contributed by atoms with van der Waals surface area (Å²) in [5.41, 5.74) is 3.60. The summed E-state index contributed by atoms with van der Waals surface area (Å²) in [4.78, 5) is 13.2. The molecule has 0 spiro atoms. The van der Waals surface area contributed by atoms with E-state index in [1.807, 2.05) is 36.0 Å². The van der Waals surface area contributed by atoms with Crippen LogP contribution < -0.4 is 15.4 Å². The van der Waals surface area contributed by atoms with E-state index in [4.69, 9.17) is 31.6 Å². The Hall–Kier alpha value is -4.48. The van der Waals surface area contributed by atoms with Gasteiger partial charge in [-0.2, -0.15) is 10.1 Å². The van der Waals surface area contributed by atoms with Crippen molar-refractivity contribution in [3.63, 3.8) is 0 Å². The molecule has 1 aliphatic heterocycles. The molecule has 4 heterocycles. The topological polar surface area (TPSA) is 127 Å². The lowest BCUT2D eigenvalue weighted by Crippen LogP contribution is -2.24. The molecular weight excluding hydrogens is 554 g/mol. The number of hydrogen-bond donors (Lipinski definition) is 3. The minimum absolute atomic E-state index is 0.0526. The van der Waals surface area contributed by atoms with E-state index in [-0.39, 0.29) is 17.3 Å². The minimum Gasteiger partial charge on any atom is -0.450 e. The predicted molar refractivity (Wildman–Crippen MR) is 166 cm³/mol. The van der Waals surface area contributed by atoms with Gasteiger partial charge < -0.3 is 30.1 Å². The molecule has 0 saturated heterocycles. The van der Waals surface area contributed by atoms with Gasteiger partial charge in [0.2, 0.25) is 5.95 Å². The molecule has 3 N–H and O–H groups in total. The van der Waals surface area contributed by atoms with Gasteiger partial charge in [0.05, 0.1) is 37.9 Å². The Labute approximate surface area is 249 Å². The molecule has 0 aliphatic carbocycles. The van der Waals surface area contributed by atoms with Gasteiger partial charge in [0.1, 0.15) is 16.2 Å². The van der Waals surface area contributed by atoms with E-state index in [0.29, 0.717) is 52.6 Å². The SMILES string of the molecule is CC(Cn1nc(Nc2nc3ncc(O/C(C=N)=C4\C=NC=CN4)c(Cl)c3n2C)cc1C(C)(C)C)OCc1ccccc1. The lowest BCUT2D eigenvalue weighted by molar-refractivity contribution is 0.0386. The third-order valence-corrected chi connectivity index (χ3v) is 6.99. The maximum absolute atomic E-state index is 7.78. The van der Waals surface area contributed by atoms with Gasteiger partial charge in [-0.25, -0.2) is 4.98 Å². The molecule has 12 heteroatoms. The van der Waals surface area contributed by atoms with Crippen LogP contribution in [0.5, 0.6) is 5.75 Å². The third kappa shape index (κ3) is 6.37. The summed E-state index contributed by atoms with van der Waals surface area (Å²) in [7, 11) is 1.84. The van der Waals surface area contributed by atoms with E-state index < -0.39 is 0 Å². The van der Waals surface area contributed by atoms with E-state index in [9.17, 15) is 0 Å². The first-order chi connectivity index (χ1) is 20.1. The lowest BCUT2D eigenvalue weighted by atomic mass is 9.92. The Bertz CT molecular complexity index is 1680. The number of benzene rings is 1.